The maximum absolute atomic E-state index is 14.2. The van der Waals surface area contributed by atoms with Crippen molar-refractivity contribution in [3.8, 4) is 0 Å². The molecular formula is C20H24F2N4O2. The molecule has 28 heavy (non-hydrogen) atoms. The molecule has 0 unspecified atom stereocenters. The lowest BCUT2D eigenvalue weighted by Gasteiger charge is -2.34. The minimum Gasteiger partial charge on any atom is -0.328 e. The number of carbonyl (C=O) groups is 2. The molecule has 1 aromatic carbocycles. The van der Waals surface area contributed by atoms with E-state index in [4.69, 9.17) is 0 Å². The first-order valence-corrected chi connectivity index (χ1v) is 9.21. The maximum atomic E-state index is 14.2. The zero-order valence-corrected chi connectivity index (χ0v) is 16.0. The molecule has 8 heteroatoms. The normalized spacial score (nSPS) is 22.2. The van der Waals surface area contributed by atoms with Gasteiger partial charge in [0.1, 0.15) is 12.7 Å². The number of alkyl halides is 1. The quantitative estimate of drug-likeness (QED) is 0.873. The van der Waals surface area contributed by atoms with E-state index in [0.717, 1.165) is 23.5 Å². The Balaban J connectivity index is 0.000000970. The van der Waals surface area contributed by atoms with Gasteiger partial charge in [-0.3, -0.25) is 14.9 Å². The van der Waals surface area contributed by atoms with Crippen molar-refractivity contribution in [2.45, 2.75) is 38.8 Å². The Morgan fingerprint density at radius 1 is 1.36 bits per heavy atom. The van der Waals surface area contributed by atoms with E-state index in [9.17, 15) is 18.4 Å². The van der Waals surface area contributed by atoms with Gasteiger partial charge in [0.05, 0.1) is 12.4 Å². The molecule has 2 amide bonds. The average molecular weight is 390 g/mol. The lowest BCUT2D eigenvalue weighted by molar-refractivity contribution is -0.117. The number of rotatable bonds is 3. The number of benzene rings is 1. The smallest absolute Gasteiger partial charge is 0.254 e. The Morgan fingerprint density at radius 2 is 2.00 bits per heavy atom. The van der Waals surface area contributed by atoms with Crippen LogP contribution in [0.15, 0.2) is 30.6 Å². The molecule has 2 aromatic rings. The van der Waals surface area contributed by atoms with Crippen LogP contribution >= 0.6 is 0 Å². The van der Waals surface area contributed by atoms with Gasteiger partial charge in [-0.05, 0) is 25.0 Å². The minimum absolute atomic E-state index is 0. The molecule has 2 atom stereocenters. The van der Waals surface area contributed by atoms with Crippen molar-refractivity contribution >= 4 is 17.8 Å². The average Bonchev–Trinajstić information content (AvgIpc) is 3.33. The minimum atomic E-state index is -1.03. The van der Waals surface area contributed by atoms with E-state index < -0.39 is 23.3 Å². The molecule has 2 aliphatic rings. The van der Waals surface area contributed by atoms with Crippen LogP contribution in [0.4, 0.5) is 14.7 Å². The van der Waals surface area contributed by atoms with Crippen molar-refractivity contribution in [3.05, 3.63) is 53.1 Å². The van der Waals surface area contributed by atoms with Crippen LogP contribution in [0.3, 0.4) is 0 Å². The van der Waals surface area contributed by atoms with E-state index in [0.29, 0.717) is 12.0 Å². The molecule has 150 valence electrons. The molecule has 1 spiro atoms. The van der Waals surface area contributed by atoms with Crippen molar-refractivity contribution in [3.63, 3.8) is 0 Å². The molecule has 0 saturated heterocycles. The van der Waals surface area contributed by atoms with E-state index >= 15 is 0 Å². The van der Waals surface area contributed by atoms with Crippen LogP contribution in [0.1, 0.15) is 43.2 Å². The van der Waals surface area contributed by atoms with Crippen LogP contribution in [0.5, 0.6) is 0 Å². The third-order valence-electron chi connectivity index (χ3n) is 4.89. The Morgan fingerprint density at radius 3 is 2.61 bits per heavy atom. The first kappa shape index (κ1) is 19.9. The van der Waals surface area contributed by atoms with Crippen molar-refractivity contribution in [2.24, 2.45) is 0 Å². The van der Waals surface area contributed by atoms with Gasteiger partial charge in [0.15, 0.2) is 5.82 Å². The number of carbonyl (C=O) groups excluding carboxylic acids is 2. The van der Waals surface area contributed by atoms with Gasteiger partial charge in [-0.2, -0.15) is 0 Å². The number of hydrogen-bond acceptors (Lipinski definition) is 4. The van der Waals surface area contributed by atoms with Gasteiger partial charge < -0.3 is 4.90 Å². The number of aryl methyl sites for hydroxylation is 1. The van der Waals surface area contributed by atoms with E-state index in [2.05, 4.69) is 15.3 Å². The van der Waals surface area contributed by atoms with Gasteiger partial charge >= 0.3 is 0 Å². The molecule has 1 saturated carbocycles. The fraction of sp³-hybridized carbons (Fsp3) is 0.400. The summed E-state index contributed by atoms with van der Waals surface area (Å²) in [6, 6.07) is 5.35. The van der Waals surface area contributed by atoms with Gasteiger partial charge in [0, 0.05) is 18.9 Å². The third kappa shape index (κ3) is 3.58. The molecule has 0 radical (unpaired) electrons. The fourth-order valence-electron chi connectivity index (χ4n) is 3.47. The second kappa shape index (κ2) is 7.61. The monoisotopic (exact) mass is 390 g/mol. The number of fused-ring (bicyclic) bond motifs is 2. The molecule has 1 aromatic heterocycles. The number of halogens is 2. The van der Waals surface area contributed by atoms with Gasteiger partial charge in [-0.1, -0.05) is 31.5 Å². The summed E-state index contributed by atoms with van der Waals surface area (Å²) in [6.07, 6.45) is 1.18. The van der Waals surface area contributed by atoms with Crippen LogP contribution in [0.25, 0.3) is 0 Å². The Bertz CT molecular complexity index is 910. The zero-order chi connectivity index (χ0) is 20.5. The number of aromatic nitrogens is 2. The van der Waals surface area contributed by atoms with Crippen molar-refractivity contribution in [1.82, 2.24) is 14.9 Å². The summed E-state index contributed by atoms with van der Waals surface area (Å²) in [7, 11) is 0. The van der Waals surface area contributed by atoms with Crippen molar-refractivity contribution in [2.75, 3.05) is 18.4 Å². The molecule has 1 fully saturated rings. The van der Waals surface area contributed by atoms with Gasteiger partial charge in [-0.15, -0.1) is 0 Å². The summed E-state index contributed by atoms with van der Waals surface area (Å²) in [5.74, 6) is -1.50. The molecule has 6 nitrogen and oxygen atoms in total. The molecule has 2 heterocycles. The summed E-state index contributed by atoms with van der Waals surface area (Å²) in [6.45, 7) is 5.80. The van der Waals surface area contributed by atoms with Crippen LogP contribution in [0, 0.1) is 12.7 Å². The second-order valence-electron chi connectivity index (χ2n) is 6.81. The molecule has 0 bridgehead atoms. The summed E-state index contributed by atoms with van der Waals surface area (Å²) in [5.41, 5.74) is 1.41. The Hall–Kier alpha value is -2.90. The summed E-state index contributed by atoms with van der Waals surface area (Å²) in [5, 5.41) is 2.41. The zero-order valence-electron chi connectivity index (χ0n) is 16.0. The largest absolute Gasteiger partial charge is 0.328 e. The highest BCUT2D eigenvalue weighted by Crippen LogP contribution is 2.54. The summed E-state index contributed by atoms with van der Waals surface area (Å²) >= 11 is 0. The van der Waals surface area contributed by atoms with E-state index in [1.54, 1.807) is 12.1 Å². The summed E-state index contributed by atoms with van der Waals surface area (Å²) < 4.78 is 27.0. The fourth-order valence-corrected chi connectivity index (χ4v) is 3.47. The van der Waals surface area contributed by atoms with Gasteiger partial charge in [0.25, 0.3) is 5.91 Å². The predicted octanol–water partition coefficient (Wildman–Crippen LogP) is 3.27. The lowest BCUT2D eigenvalue weighted by atomic mass is 9.85. The number of hydrogen-bond donors (Lipinski definition) is 1. The molecule has 1 N–H and O–H groups in total. The number of anilines is 1. The molecule has 1 aliphatic carbocycles. The number of amides is 2. The van der Waals surface area contributed by atoms with Crippen LogP contribution in [-0.2, 0) is 10.2 Å². The van der Waals surface area contributed by atoms with Crippen LogP contribution < -0.4 is 5.32 Å². The number of nitrogens with one attached hydrogen (secondary N) is 1. The molecule has 1 aliphatic heterocycles. The number of nitrogens with zero attached hydrogens (tertiary/aromatic N) is 3. The van der Waals surface area contributed by atoms with Crippen molar-refractivity contribution in [1.29, 1.82) is 0 Å². The summed E-state index contributed by atoms with van der Waals surface area (Å²) in [4.78, 5) is 33.6. The van der Waals surface area contributed by atoms with E-state index in [1.165, 1.54) is 4.90 Å². The third-order valence-corrected chi connectivity index (χ3v) is 4.89. The first-order valence-electron chi connectivity index (χ1n) is 9.21. The van der Waals surface area contributed by atoms with Gasteiger partial charge in [-0.25, -0.2) is 18.7 Å². The van der Waals surface area contributed by atoms with Crippen LogP contribution in [-0.4, -0.2) is 45.9 Å². The maximum Gasteiger partial charge on any atom is 0.254 e. The SMILES string of the molecule is CC.Cc1ccc2c(c1)[C@]1(C[C@H]1F)CN(CC(=O)Nc1ncc(F)cn1)C2=O.[HH]. The van der Waals surface area contributed by atoms with Crippen molar-refractivity contribution < 1.29 is 19.8 Å². The highest BCUT2D eigenvalue weighted by atomic mass is 19.1. The predicted molar refractivity (Wildman–Crippen MR) is 102 cm³/mol. The van der Waals surface area contributed by atoms with E-state index in [1.807, 2.05) is 26.8 Å². The highest BCUT2D eigenvalue weighted by Gasteiger charge is 2.61. The Kier molecular flexibility index (Phi) is 5.40. The Labute approximate surface area is 163 Å². The van der Waals surface area contributed by atoms with E-state index in [-0.39, 0.29) is 26.4 Å². The molecule has 4 rings (SSSR count). The topological polar surface area (TPSA) is 75.2 Å². The second-order valence-corrected chi connectivity index (χ2v) is 6.81. The first-order chi connectivity index (χ1) is 13.4. The highest BCUT2D eigenvalue weighted by molar-refractivity contribution is 6.01. The van der Waals surface area contributed by atoms with Crippen LogP contribution in [0.2, 0.25) is 0 Å². The lowest BCUT2D eigenvalue weighted by Crippen LogP contribution is -2.47. The van der Waals surface area contributed by atoms with Gasteiger partial charge in [0.2, 0.25) is 11.9 Å². The molecular weight excluding hydrogens is 366 g/mol. The standard InChI is InChI=1S/C18H16F2N4O2.C2H6.H2/c1-10-2-3-12-13(4-10)18(5-14(18)20)9-24(16(12)26)8-15(25)23-17-21-6-11(19)7-22-17;1-2;/h2-4,6-7,14H,5,8-9H2,1H3,(H,21,22,23,25);1-2H3;1H/t14-,18+;;/m1../s1.